The van der Waals surface area contributed by atoms with E-state index in [0.717, 1.165) is 32.4 Å². The Kier molecular flexibility index (Phi) is 5.17. The summed E-state index contributed by atoms with van der Waals surface area (Å²) in [7, 11) is -3.67. The molecule has 1 saturated heterocycles. The molecule has 20 heavy (non-hydrogen) atoms. The lowest BCUT2D eigenvalue weighted by Gasteiger charge is -2.26. The molecule has 1 aliphatic rings. The molecule has 1 aromatic rings. The van der Waals surface area contributed by atoms with Crippen molar-refractivity contribution in [2.75, 3.05) is 19.6 Å². The number of benzene rings is 1. The van der Waals surface area contributed by atoms with E-state index in [0.29, 0.717) is 4.47 Å². The van der Waals surface area contributed by atoms with Gasteiger partial charge in [0.1, 0.15) is 0 Å². The van der Waals surface area contributed by atoms with E-state index in [1.165, 1.54) is 6.07 Å². The maximum atomic E-state index is 12.1. The highest BCUT2D eigenvalue weighted by molar-refractivity contribution is 9.10. The number of carbonyl (C=O) groups excluding carboxylic acids is 1. The molecule has 1 aliphatic heterocycles. The lowest BCUT2D eigenvalue weighted by molar-refractivity contribution is -0.130. The Bertz CT molecular complexity index is 583. The van der Waals surface area contributed by atoms with Gasteiger partial charge in [0.05, 0.1) is 11.4 Å². The predicted octanol–water partition coefficient (Wildman–Crippen LogP) is 1.74. The van der Waals surface area contributed by atoms with Crippen LogP contribution in [0.1, 0.15) is 19.3 Å². The first kappa shape index (κ1) is 15.5. The zero-order valence-electron chi connectivity index (χ0n) is 11.0. The zero-order chi connectivity index (χ0) is 14.6. The fraction of sp³-hybridized carbons (Fsp3) is 0.462. The molecule has 1 fully saturated rings. The maximum absolute atomic E-state index is 12.1. The third-order valence-corrected chi connectivity index (χ3v) is 5.66. The molecule has 1 amide bonds. The highest BCUT2D eigenvalue weighted by Gasteiger charge is 2.21. The maximum Gasteiger partial charge on any atom is 0.242 e. The third kappa shape index (κ3) is 3.80. The van der Waals surface area contributed by atoms with Gasteiger partial charge in [0.2, 0.25) is 15.9 Å². The van der Waals surface area contributed by atoms with Crippen molar-refractivity contribution in [1.29, 1.82) is 0 Å². The van der Waals surface area contributed by atoms with Crippen LogP contribution in [0, 0.1) is 0 Å². The summed E-state index contributed by atoms with van der Waals surface area (Å²) < 4.78 is 27.1. The molecule has 0 atom stereocenters. The molecule has 5 nitrogen and oxygen atoms in total. The normalized spacial score (nSPS) is 16.1. The van der Waals surface area contributed by atoms with Crippen LogP contribution in [0.4, 0.5) is 0 Å². The van der Waals surface area contributed by atoms with Gasteiger partial charge in [0.15, 0.2) is 0 Å². The van der Waals surface area contributed by atoms with E-state index in [1.807, 2.05) is 0 Å². The van der Waals surface area contributed by atoms with E-state index in [-0.39, 0.29) is 17.3 Å². The smallest absolute Gasteiger partial charge is 0.242 e. The van der Waals surface area contributed by atoms with Gasteiger partial charge in [-0.3, -0.25) is 4.79 Å². The summed E-state index contributed by atoms with van der Waals surface area (Å²) in [5.41, 5.74) is 0. The summed E-state index contributed by atoms with van der Waals surface area (Å²) >= 11 is 3.20. The molecule has 0 aromatic heterocycles. The number of piperidine rings is 1. The fourth-order valence-corrected chi connectivity index (χ4v) is 4.13. The van der Waals surface area contributed by atoms with Gasteiger partial charge in [-0.05, 0) is 47.3 Å². The molecule has 0 saturated carbocycles. The van der Waals surface area contributed by atoms with Crippen LogP contribution in [0.5, 0.6) is 0 Å². The fourth-order valence-electron chi connectivity index (χ4n) is 2.15. The van der Waals surface area contributed by atoms with Gasteiger partial charge in [-0.2, -0.15) is 0 Å². The first-order valence-corrected chi connectivity index (χ1v) is 8.80. The van der Waals surface area contributed by atoms with Crippen LogP contribution in [-0.2, 0) is 14.8 Å². The Hall–Kier alpha value is -0.920. The van der Waals surface area contributed by atoms with Gasteiger partial charge >= 0.3 is 0 Å². The molecule has 0 spiro atoms. The highest BCUT2D eigenvalue weighted by Crippen LogP contribution is 2.20. The van der Waals surface area contributed by atoms with E-state index >= 15 is 0 Å². The van der Waals surface area contributed by atoms with Crippen molar-refractivity contribution in [2.45, 2.75) is 24.2 Å². The number of likely N-dealkylation sites (tertiary alicyclic amines) is 1. The third-order valence-electron chi connectivity index (χ3n) is 3.25. The van der Waals surface area contributed by atoms with Crippen molar-refractivity contribution in [1.82, 2.24) is 9.62 Å². The first-order valence-electron chi connectivity index (χ1n) is 6.53. The van der Waals surface area contributed by atoms with E-state index in [1.54, 1.807) is 23.1 Å². The molecule has 0 radical (unpaired) electrons. The Morgan fingerprint density at radius 3 is 2.50 bits per heavy atom. The van der Waals surface area contributed by atoms with E-state index < -0.39 is 10.0 Å². The molecular formula is C13H17BrN2O3S. The molecule has 0 aliphatic carbocycles. The van der Waals surface area contributed by atoms with E-state index in [4.69, 9.17) is 0 Å². The van der Waals surface area contributed by atoms with Crippen molar-refractivity contribution >= 4 is 31.9 Å². The molecule has 2 rings (SSSR count). The molecule has 1 N–H and O–H groups in total. The van der Waals surface area contributed by atoms with Gasteiger partial charge in [0, 0.05) is 17.6 Å². The van der Waals surface area contributed by atoms with E-state index in [9.17, 15) is 13.2 Å². The van der Waals surface area contributed by atoms with Gasteiger partial charge in [0.25, 0.3) is 0 Å². The minimum atomic E-state index is -3.67. The van der Waals surface area contributed by atoms with Crippen LogP contribution in [0.3, 0.4) is 0 Å². The number of sulfonamides is 1. The van der Waals surface area contributed by atoms with Crippen LogP contribution in [0.2, 0.25) is 0 Å². The van der Waals surface area contributed by atoms with Crippen molar-refractivity contribution in [3.63, 3.8) is 0 Å². The minimum absolute atomic E-state index is 0.145. The number of hydrogen-bond donors (Lipinski definition) is 1. The molecule has 0 bridgehead atoms. The highest BCUT2D eigenvalue weighted by atomic mass is 79.9. The first-order chi connectivity index (χ1) is 9.50. The van der Waals surface area contributed by atoms with Gasteiger partial charge < -0.3 is 4.90 Å². The zero-order valence-corrected chi connectivity index (χ0v) is 13.4. The average Bonchev–Trinajstić information content (AvgIpc) is 2.46. The molecule has 0 unspecified atom stereocenters. The number of nitrogens with zero attached hydrogens (tertiary/aromatic N) is 1. The van der Waals surface area contributed by atoms with Crippen molar-refractivity contribution < 1.29 is 13.2 Å². The van der Waals surface area contributed by atoms with Crippen molar-refractivity contribution in [2.24, 2.45) is 0 Å². The summed E-state index contributed by atoms with van der Waals surface area (Å²) in [6, 6.07) is 6.53. The summed E-state index contributed by atoms with van der Waals surface area (Å²) in [4.78, 5) is 13.8. The largest absolute Gasteiger partial charge is 0.342 e. The summed E-state index contributed by atoms with van der Waals surface area (Å²) in [5, 5.41) is 0. The number of hydrogen-bond acceptors (Lipinski definition) is 3. The van der Waals surface area contributed by atoms with Crippen LogP contribution >= 0.6 is 15.9 Å². The number of halogens is 1. The topological polar surface area (TPSA) is 66.5 Å². The standard InChI is InChI=1S/C13H17BrN2O3S/c14-11-6-2-3-7-12(11)20(18,19)15-10-13(17)16-8-4-1-5-9-16/h2-3,6-7,15H,1,4-5,8-10H2. The second kappa shape index (κ2) is 6.69. The number of amides is 1. The Balaban J connectivity index is 1.99. The van der Waals surface area contributed by atoms with Gasteiger partial charge in [-0.15, -0.1) is 0 Å². The van der Waals surface area contributed by atoms with E-state index in [2.05, 4.69) is 20.7 Å². The summed E-state index contributed by atoms with van der Waals surface area (Å²) in [6.45, 7) is 1.24. The van der Waals surface area contributed by atoms with Gasteiger partial charge in [-0.25, -0.2) is 13.1 Å². The quantitative estimate of drug-likeness (QED) is 0.889. The summed E-state index contributed by atoms with van der Waals surface area (Å²) in [6.07, 6.45) is 3.11. The number of carbonyl (C=O) groups is 1. The lowest BCUT2D eigenvalue weighted by atomic mass is 10.1. The monoisotopic (exact) mass is 360 g/mol. The average molecular weight is 361 g/mol. The molecule has 110 valence electrons. The van der Waals surface area contributed by atoms with Crippen LogP contribution < -0.4 is 4.72 Å². The number of nitrogens with one attached hydrogen (secondary N) is 1. The minimum Gasteiger partial charge on any atom is -0.342 e. The Morgan fingerprint density at radius 2 is 1.85 bits per heavy atom. The second-order valence-electron chi connectivity index (χ2n) is 4.70. The molecular weight excluding hydrogens is 344 g/mol. The SMILES string of the molecule is O=C(CNS(=O)(=O)c1ccccc1Br)N1CCCCC1. The molecule has 7 heteroatoms. The predicted molar refractivity (Wildman–Crippen MR) is 79.8 cm³/mol. The molecule has 1 heterocycles. The van der Waals surface area contributed by atoms with Crippen LogP contribution in [0.25, 0.3) is 0 Å². The number of rotatable bonds is 4. The Morgan fingerprint density at radius 1 is 1.20 bits per heavy atom. The van der Waals surface area contributed by atoms with Crippen molar-refractivity contribution in [3.05, 3.63) is 28.7 Å². The van der Waals surface area contributed by atoms with Crippen LogP contribution in [-0.4, -0.2) is 38.9 Å². The molecule has 1 aromatic carbocycles. The Labute approximate surface area is 127 Å². The second-order valence-corrected chi connectivity index (χ2v) is 7.29. The summed E-state index contributed by atoms with van der Waals surface area (Å²) in [5.74, 6) is -0.166. The van der Waals surface area contributed by atoms with Gasteiger partial charge in [-0.1, -0.05) is 12.1 Å². The van der Waals surface area contributed by atoms with Crippen molar-refractivity contribution in [3.8, 4) is 0 Å². The van der Waals surface area contributed by atoms with Crippen LogP contribution in [0.15, 0.2) is 33.6 Å². The lowest BCUT2D eigenvalue weighted by Crippen LogP contribution is -2.42.